The summed E-state index contributed by atoms with van der Waals surface area (Å²) in [5, 5.41) is 6.85. The number of nitrogens with zero attached hydrogens (tertiary/aromatic N) is 2. The average Bonchev–Trinajstić information content (AvgIpc) is 3.52. The lowest BCUT2D eigenvalue weighted by atomic mass is 9.74. The fourth-order valence-electron chi connectivity index (χ4n) is 2.93. The maximum absolute atomic E-state index is 14.8. The quantitative estimate of drug-likeness (QED) is 0.342. The van der Waals surface area contributed by atoms with Gasteiger partial charge >= 0.3 is 6.61 Å². The van der Waals surface area contributed by atoms with E-state index in [1.165, 1.54) is 19.1 Å². The number of hydrogen-bond donors (Lipinski definition) is 0. The normalized spacial score (nSPS) is 16.1. The molecule has 0 N–H and O–H groups in total. The minimum absolute atomic E-state index is 0.190. The van der Waals surface area contributed by atoms with Gasteiger partial charge in [-0.2, -0.15) is 8.78 Å². The molecule has 2 aromatic rings. The molecule has 1 aliphatic rings. The Bertz CT molecular complexity index is 904. The summed E-state index contributed by atoms with van der Waals surface area (Å²) in [7, 11) is 0. The van der Waals surface area contributed by atoms with E-state index < -0.39 is 40.9 Å². The first-order chi connectivity index (χ1) is 13.8. The second kappa shape index (κ2) is 8.59. The largest absolute Gasteiger partial charge is 0.434 e. The Balaban J connectivity index is 2.08. The number of amides is 1. The molecule has 1 amide bonds. The molecule has 0 heterocycles. The fourth-order valence-corrected chi connectivity index (χ4v) is 2.93. The van der Waals surface area contributed by atoms with Crippen molar-refractivity contribution in [2.45, 2.75) is 31.8 Å². The molecule has 3 rings (SSSR count). The molecule has 154 valence electrons. The highest BCUT2D eigenvalue weighted by atomic mass is 19.3. The van der Waals surface area contributed by atoms with Gasteiger partial charge in [0.15, 0.2) is 11.6 Å². The van der Waals surface area contributed by atoms with E-state index >= 15 is 0 Å². The zero-order valence-electron chi connectivity index (χ0n) is 15.4. The van der Waals surface area contributed by atoms with Crippen LogP contribution >= 0.6 is 0 Å². The van der Waals surface area contributed by atoms with Gasteiger partial charge in [-0.1, -0.05) is 35.4 Å². The third-order valence-corrected chi connectivity index (χ3v) is 4.75. The summed E-state index contributed by atoms with van der Waals surface area (Å²) in [4.78, 5) is 17.9. The number of carbonyl (C=O) groups is 1. The third kappa shape index (κ3) is 4.55. The molecule has 1 atom stereocenters. The predicted octanol–water partition coefficient (Wildman–Crippen LogP) is 5.19. The Kier molecular flexibility index (Phi) is 6.14. The Morgan fingerprint density at radius 3 is 2.48 bits per heavy atom. The first-order valence-corrected chi connectivity index (χ1v) is 8.90. The maximum Gasteiger partial charge on any atom is 0.387 e. The van der Waals surface area contributed by atoms with Crippen molar-refractivity contribution in [3.63, 3.8) is 0 Å². The van der Waals surface area contributed by atoms with Crippen LogP contribution < -0.4 is 4.74 Å². The summed E-state index contributed by atoms with van der Waals surface area (Å²) in [6.45, 7) is -1.79. The lowest BCUT2D eigenvalue weighted by Gasteiger charge is -2.29. The van der Waals surface area contributed by atoms with E-state index in [9.17, 15) is 22.4 Å². The molecule has 29 heavy (non-hydrogen) atoms. The van der Waals surface area contributed by atoms with Crippen molar-refractivity contribution in [3.05, 3.63) is 65.2 Å². The van der Waals surface area contributed by atoms with Crippen molar-refractivity contribution in [2.24, 2.45) is 16.3 Å². The van der Waals surface area contributed by atoms with E-state index in [1.54, 1.807) is 18.2 Å². The highest BCUT2D eigenvalue weighted by Gasteiger charge is 2.43. The lowest BCUT2D eigenvalue weighted by molar-refractivity contribution is -0.123. The number of ether oxygens (including phenoxy) is 1. The van der Waals surface area contributed by atoms with Crippen molar-refractivity contribution in [3.8, 4) is 5.75 Å². The van der Waals surface area contributed by atoms with Crippen LogP contribution in [0, 0.1) is 17.6 Å². The minimum Gasteiger partial charge on any atom is -0.434 e. The van der Waals surface area contributed by atoms with Crippen molar-refractivity contribution < 1.29 is 31.9 Å². The van der Waals surface area contributed by atoms with E-state index in [0.29, 0.717) is 12.0 Å². The van der Waals surface area contributed by atoms with Crippen molar-refractivity contribution >= 4 is 5.91 Å². The van der Waals surface area contributed by atoms with Gasteiger partial charge in [-0.05, 0) is 43.4 Å². The topological polar surface area (TPSA) is 60.2 Å². The van der Waals surface area contributed by atoms with E-state index in [1.807, 2.05) is 0 Å². The van der Waals surface area contributed by atoms with Crippen LogP contribution in [0.5, 0.6) is 5.75 Å². The standard InChI is InChI=1S/C20H18F4N2O3/c1-20(13-5-3-2-4-6-13,18(27)25-26-28-11-12-7-8-12)16-15(29-19(23)24)10-9-14(21)17(16)22/h2-6,9-10,12,19H,7-8,11H2,1H3. The molecule has 1 unspecified atom stereocenters. The van der Waals surface area contributed by atoms with Gasteiger partial charge in [0, 0.05) is 5.28 Å². The average molecular weight is 410 g/mol. The van der Waals surface area contributed by atoms with Crippen molar-refractivity contribution in [1.29, 1.82) is 0 Å². The summed E-state index contributed by atoms with van der Waals surface area (Å²) in [5.41, 5.74) is -2.51. The molecule has 0 bridgehead atoms. The molecule has 2 aromatic carbocycles. The van der Waals surface area contributed by atoms with Crippen molar-refractivity contribution in [2.75, 3.05) is 6.61 Å². The second-order valence-corrected chi connectivity index (χ2v) is 6.83. The molecule has 0 aromatic heterocycles. The summed E-state index contributed by atoms with van der Waals surface area (Å²) in [6.07, 6.45) is 1.99. The number of halogens is 4. The summed E-state index contributed by atoms with van der Waals surface area (Å²) < 4.78 is 58.9. The van der Waals surface area contributed by atoms with Gasteiger partial charge in [0.2, 0.25) is 0 Å². The summed E-state index contributed by atoms with van der Waals surface area (Å²) >= 11 is 0. The van der Waals surface area contributed by atoms with Gasteiger partial charge in [0.05, 0.1) is 5.56 Å². The molecular weight excluding hydrogens is 392 g/mol. The Labute approximate surface area is 164 Å². The monoisotopic (exact) mass is 410 g/mol. The van der Waals surface area contributed by atoms with E-state index in [4.69, 9.17) is 4.84 Å². The molecule has 0 radical (unpaired) electrons. The smallest absolute Gasteiger partial charge is 0.387 e. The molecule has 0 aliphatic heterocycles. The Morgan fingerprint density at radius 2 is 1.86 bits per heavy atom. The van der Waals surface area contributed by atoms with Crippen LogP contribution in [0.1, 0.15) is 30.9 Å². The number of carbonyl (C=O) groups excluding carboxylic acids is 1. The van der Waals surface area contributed by atoms with Gasteiger partial charge in [-0.15, -0.1) is 0 Å². The van der Waals surface area contributed by atoms with Crippen LogP contribution in [0.2, 0.25) is 0 Å². The highest BCUT2D eigenvalue weighted by Crippen LogP contribution is 2.42. The molecule has 9 heteroatoms. The SMILES string of the molecule is CC(C(=O)N=NOCC1CC1)(c1ccccc1)c1c(OC(F)F)ccc(F)c1F. The molecule has 1 aliphatic carbocycles. The first kappa shape index (κ1) is 20.8. The van der Waals surface area contributed by atoms with E-state index in [0.717, 1.165) is 18.9 Å². The molecule has 1 saturated carbocycles. The molecule has 1 fully saturated rings. The molecule has 5 nitrogen and oxygen atoms in total. The molecule has 0 spiro atoms. The van der Waals surface area contributed by atoms with Crippen LogP contribution in [0.4, 0.5) is 17.6 Å². The van der Waals surface area contributed by atoms with Gasteiger partial charge in [-0.3, -0.25) is 4.79 Å². The van der Waals surface area contributed by atoms with Crippen LogP contribution in [-0.4, -0.2) is 19.1 Å². The molecule has 0 saturated heterocycles. The van der Waals surface area contributed by atoms with Gasteiger partial charge in [0.1, 0.15) is 17.8 Å². The van der Waals surface area contributed by atoms with E-state index in [2.05, 4.69) is 15.1 Å². The predicted molar refractivity (Wildman–Crippen MR) is 94.4 cm³/mol. The van der Waals surface area contributed by atoms with Crippen LogP contribution in [-0.2, 0) is 15.0 Å². The second-order valence-electron chi connectivity index (χ2n) is 6.83. The fraction of sp³-hybridized carbons (Fsp3) is 0.350. The van der Waals surface area contributed by atoms with Crippen LogP contribution in [0.3, 0.4) is 0 Å². The molecular formula is C20H18F4N2O3. The highest BCUT2D eigenvalue weighted by molar-refractivity contribution is 5.92. The maximum atomic E-state index is 14.8. The Hall–Kier alpha value is -2.97. The van der Waals surface area contributed by atoms with E-state index in [-0.39, 0.29) is 12.2 Å². The number of benzene rings is 2. The Morgan fingerprint density at radius 1 is 1.17 bits per heavy atom. The van der Waals surface area contributed by atoms with Crippen LogP contribution in [0.15, 0.2) is 52.9 Å². The van der Waals surface area contributed by atoms with Gasteiger partial charge < -0.3 is 9.57 Å². The third-order valence-electron chi connectivity index (χ3n) is 4.75. The van der Waals surface area contributed by atoms with Crippen molar-refractivity contribution in [1.82, 2.24) is 0 Å². The zero-order valence-corrected chi connectivity index (χ0v) is 15.4. The summed E-state index contributed by atoms with van der Waals surface area (Å²) in [6, 6.07) is 9.19. The first-order valence-electron chi connectivity index (χ1n) is 8.90. The van der Waals surface area contributed by atoms with Crippen LogP contribution in [0.25, 0.3) is 0 Å². The minimum atomic E-state index is -3.31. The summed E-state index contributed by atoms with van der Waals surface area (Å²) in [5.74, 6) is -4.15. The number of alkyl halides is 2. The number of rotatable bonds is 8. The van der Waals surface area contributed by atoms with Gasteiger partial charge in [0.25, 0.3) is 5.91 Å². The number of hydrogen-bond acceptors (Lipinski definition) is 4. The zero-order chi connectivity index (χ0) is 21.0. The van der Waals surface area contributed by atoms with Gasteiger partial charge in [-0.25, -0.2) is 8.78 Å². The lowest BCUT2D eigenvalue weighted by Crippen LogP contribution is -2.35.